The van der Waals surface area contributed by atoms with E-state index in [0.717, 1.165) is 24.2 Å². The lowest BCUT2D eigenvalue weighted by atomic mass is 9.91. The van der Waals surface area contributed by atoms with E-state index in [1.54, 1.807) is 13.0 Å². The fourth-order valence-corrected chi connectivity index (χ4v) is 2.00. The number of hydrogen-bond donors (Lipinski definition) is 1. The van der Waals surface area contributed by atoms with Crippen LogP contribution in [0.2, 0.25) is 0 Å². The van der Waals surface area contributed by atoms with Crippen LogP contribution in [0.3, 0.4) is 0 Å². The minimum absolute atomic E-state index is 0.0759. The van der Waals surface area contributed by atoms with Crippen molar-refractivity contribution in [3.63, 3.8) is 0 Å². The maximum Gasteiger partial charge on any atom is 0.126 e. The smallest absolute Gasteiger partial charge is 0.126 e. The quantitative estimate of drug-likeness (QED) is 0.723. The number of halogens is 1. The second kappa shape index (κ2) is 4.09. The van der Waals surface area contributed by atoms with Gasteiger partial charge in [-0.1, -0.05) is 12.1 Å². The van der Waals surface area contributed by atoms with Crippen LogP contribution in [-0.4, -0.2) is 13.1 Å². The van der Waals surface area contributed by atoms with Crippen molar-refractivity contribution < 1.29 is 4.39 Å². The van der Waals surface area contributed by atoms with Gasteiger partial charge in [0.05, 0.1) is 0 Å². The summed E-state index contributed by atoms with van der Waals surface area (Å²) < 4.78 is 13.3. The number of benzene rings is 1. The molecule has 0 aliphatic carbocycles. The summed E-state index contributed by atoms with van der Waals surface area (Å²) in [5, 5.41) is 3.34. The number of piperidine rings is 1. The summed E-state index contributed by atoms with van der Waals surface area (Å²) in [5.41, 5.74) is 1.87. The molecule has 0 saturated carbocycles. The molecule has 1 heterocycles. The number of aryl methyl sites for hydroxylation is 1. The Morgan fingerprint density at radius 2 is 2.29 bits per heavy atom. The molecule has 0 unspecified atom stereocenters. The van der Waals surface area contributed by atoms with Crippen LogP contribution in [0.5, 0.6) is 0 Å². The largest absolute Gasteiger partial charge is 0.316 e. The number of rotatable bonds is 1. The molecule has 1 saturated heterocycles. The lowest BCUT2D eigenvalue weighted by Crippen LogP contribution is -2.28. The van der Waals surface area contributed by atoms with Crippen molar-refractivity contribution in [2.24, 2.45) is 0 Å². The maximum atomic E-state index is 13.3. The minimum Gasteiger partial charge on any atom is -0.316 e. The van der Waals surface area contributed by atoms with E-state index < -0.39 is 0 Å². The lowest BCUT2D eigenvalue weighted by Gasteiger charge is -2.23. The van der Waals surface area contributed by atoms with E-state index in [4.69, 9.17) is 0 Å². The molecule has 1 atom stereocenters. The van der Waals surface area contributed by atoms with Gasteiger partial charge in [0.1, 0.15) is 5.82 Å². The van der Waals surface area contributed by atoms with Crippen molar-refractivity contribution in [2.75, 3.05) is 13.1 Å². The van der Waals surface area contributed by atoms with Crippen LogP contribution < -0.4 is 5.32 Å². The van der Waals surface area contributed by atoms with Crippen LogP contribution in [-0.2, 0) is 0 Å². The second-order valence-electron chi connectivity index (χ2n) is 4.05. The summed E-state index contributed by atoms with van der Waals surface area (Å²) in [5.74, 6) is 0.423. The van der Waals surface area contributed by atoms with Crippen LogP contribution in [0.25, 0.3) is 0 Å². The normalized spacial score (nSPS) is 22.3. The van der Waals surface area contributed by atoms with E-state index in [0.29, 0.717) is 5.92 Å². The van der Waals surface area contributed by atoms with Gasteiger partial charge >= 0.3 is 0 Å². The third-order valence-corrected chi connectivity index (χ3v) is 2.96. The Morgan fingerprint density at radius 3 is 2.93 bits per heavy atom. The van der Waals surface area contributed by atoms with E-state index in [9.17, 15) is 4.39 Å². The minimum atomic E-state index is -0.0759. The number of nitrogens with one attached hydrogen (secondary N) is 1. The van der Waals surface area contributed by atoms with Crippen molar-refractivity contribution in [1.82, 2.24) is 5.32 Å². The molecule has 76 valence electrons. The van der Waals surface area contributed by atoms with Gasteiger partial charge < -0.3 is 5.32 Å². The van der Waals surface area contributed by atoms with Gasteiger partial charge in [-0.15, -0.1) is 0 Å². The molecule has 1 N–H and O–H groups in total. The zero-order chi connectivity index (χ0) is 9.97. The second-order valence-corrected chi connectivity index (χ2v) is 4.05. The Balaban J connectivity index is 2.18. The predicted octanol–water partition coefficient (Wildman–Crippen LogP) is 2.60. The number of hydrogen-bond acceptors (Lipinski definition) is 1. The van der Waals surface area contributed by atoms with Gasteiger partial charge in [-0.25, -0.2) is 4.39 Å². The molecule has 0 amide bonds. The molecule has 0 radical (unpaired) electrons. The van der Waals surface area contributed by atoms with Crippen LogP contribution in [0, 0.1) is 12.7 Å². The molecule has 1 aliphatic rings. The van der Waals surface area contributed by atoms with Gasteiger partial charge in [-0.2, -0.15) is 0 Å². The highest BCUT2D eigenvalue weighted by atomic mass is 19.1. The molecule has 1 nitrogen and oxygen atoms in total. The van der Waals surface area contributed by atoms with Gasteiger partial charge in [0, 0.05) is 6.54 Å². The molecule has 14 heavy (non-hydrogen) atoms. The van der Waals surface area contributed by atoms with Crippen molar-refractivity contribution in [2.45, 2.75) is 25.7 Å². The highest BCUT2D eigenvalue weighted by Gasteiger charge is 2.15. The van der Waals surface area contributed by atoms with E-state index in [1.807, 2.05) is 6.07 Å². The van der Waals surface area contributed by atoms with E-state index in [-0.39, 0.29) is 5.82 Å². The molecule has 0 spiro atoms. The molecule has 1 aliphatic heterocycles. The van der Waals surface area contributed by atoms with Gasteiger partial charge in [-0.3, -0.25) is 0 Å². The van der Waals surface area contributed by atoms with Crippen LogP contribution >= 0.6 is 0 Å². The third kappa shape index (κ3) is 1.95. The van der Waals surface area contributed by atoms with Crippen molar-refractivity contribution >= 4 is 0 Å². The zero-order valence-electron chi connectivity index (χ0n) is 8.52. The van der Waals surface area contributed by atoms with Crippen molar-refractivity contribution in [3.8, 4) is 0 Å². The summed E-state index contributed by atoms with van der Waals surface area (Å²) in [7, 11) is 0. The maximum absolute atomic E-state index is 13.3. The topological polar surface area (TPSA) is 12.0 Å². The predicted molar refractivity (Wildman–Crippen MR) is 56.0 cm³/mol. The first kappa shape index (κ1) is 9.66. The van der Waals surface area contributed by atoms with Gasteiger partial charge in [0.25, 0.3) is 0 Å². The fourth-order valence-electron chi connectivity index (χ4n) is 2.00. The summed E-state index contributed by atoms with van der Waals surface area (Å²) in [6.45, 7) is 3.89. The molecule has 0 aromatic heterocycles. The van der Waals surface area contributed by atoms with Crippen molar-refractivity contribution in [3.05, 3.63) is 35.1 Å². The third-order valence-electron chi connectivity index (χ3n) is 2.96. The molecular formula is C12H16FN. The standard InChI is InChI=1S/C12H16FN/c1-9-4-5-10(7-12(9)13)11-3-2-6-14-8-11/h4-5,7,11,14H,2-3,6,8H2,1H3/t11-/m0/s1. The highest BCUT2D eigenvalue weighted by molar-refractivity contribution is 5.26. The molecule has 1 fully saturated rings. The average Bonchev–Trinajstić information content (AvgIpc) is 2.23. The molecular weight excluding hydrogens is 177 g/mol. The van der Waals surface area contributed by atoms with Crippen molar-refractivity contribution in [1.29, 1.82) is 0 Å². The van der Waals surface area contributed by atoms with Gasteiger partial charge in [0.2, 0.25) is 0 Å². The molecule has 2 heteroatoms. The Morgan fingerprint density at radius 1 is 1.43 bits per heavy atom. The summed E-state index contributed by atoms with van der Waals surface area (Å²) >= 11 is 0. The van der Waals surface area contributed by atoms with Gasteiger partial charge in [-0.05, 0) is 49.4 Å². The Bertz CT molecular complexity index is 316. The first-order valence-electron chi connectivity index (χ1n) is 5.24. The average molecular weight is 193 g/mol. The van der Waals surface area contributed by atoms with Crippen LogP contribution in [0.4, 0.5) is 4.39 Å². The summed E-state index contributed by atoms with van der Waals surface area (Å²) in [6, 6.07) is 5.61. The first-order valence-corrected chi connectivity index (χ1v) is 5.24. The monoisotopic (exact) mass is 193 g/mol. The Kier molecular flexibility index (Phi) is 2.82. The Hall–Kier alpha value is -0.890. The van der Waals surface area contributed by atoms with E-state index in [1.165, 1.54) is 12.8 Å². The Labute approximate surface area is 84.3 Å². The molecule has 1 aromatic carbocycles. The van der Waals surface area contributed by atoms with E-state index in [2.05, 4.69) is 11.4 Å². The lowest BCUT2D eigenvalue weighted by molar-refractivity contribution is 0.459. The van der Waals surface area contributed by atoms with Crippen LogP contribution in [0.1, 0.15) is 29.9 Å². The van der Waals surface area contributed by atoms with E-state index >= 15 is 0 Å². The zero-order valence-corrected chi connectivity index (χ0v) is 8.52. The summed E-state index contributed by atoms with van der Waals surface area (Å²) in [6.07, 6.45) is 2.37. The summed E-state index contributed by atoms with van der Waals surface area (Å²) in [4.78, 5) is 0. The highest BCUT2D eigenvalue weighted by Crippen LogP contribution is 2.24. The SMILES string of the molecule is Cc1ccc([C@H]2CCCNC2)cc1F. The van der Waals surface area contributed by atoms with Gasteiger partial charge in [0.15, 0.2) is 0 Å². The fraction of sp³-hybridized carbons (Fsp3) is 0.500. The molecule has 1 aromatic rings. The van der Waals surface area contributed by atoms with Crippen LogP contribution in [0.15, 0.2) is 18.2 Å². The molecule has 2 rings (SSSR count). The first-order chi connectivity index (χ1) is 6.77. The molecule has 0 bridgehead atoms.